The van der Waals surface area contributed by atoms with Crippen molar-refractivity contribution in [3.63, 3.8) is 0 Å². The standard InChI is InChI=1S/C12H10F3NO/c1-6-11(7(2)17)9-5-8(12(13,14)15)3-4-10(9)16-6/h3-5,16H,1-2H3. The summed E-state index contributed by atoms with van der Waals surface area (Å²) >= 11 is 0. The zero-order valence-electron chi connectivity index (χ0n) is 9.27. The van der Waals surface area contributed by atoms with Crippen LogP contribution in [0.5, 0.6) is 0 Å². The van der Waals surface area contributed by atoms with Crippen LogP contribution in [0.3, 0.4) is 0 Å². The molecule has 1 aromatic carbocycles. The third kappa shape index (κ3) is 1.92. The highest BCUT2D eigenvalue weighted by molar-refractivity contribution is 6.08. The Hall–Kier alpha value is -1.78. The predicted octanol–water partition coefficient (Wildman–Crippen LogP) is 3.70. The molecule has 1 heterocycles. The van der Waals surface area contributed by atoms with E-state index in [1.165, 1.54) is 13.0 Å². The Balaban J connectivity index is 2.75. The summed E-state index contributed by atoms with van der Waals surface area (Å²) in [6.45, 7) is 3.01. The van der Waals surface area contributed by atoms with Gasteiger partial charge in [-0.15, -0.1) is 0 Å². The fraction of sp³-hybridized carbons (Fsp3) is 0.250. The molecule has 0 atom stereocenters. The summed E-state index contributed by atoms with van der Waals surface area (Å²) in [7, 11) is 0. The highest BCUT2D eigenvalue weighted by Gasteiger charge is 2.31. The van der Waals surface area contributed by atoms with Crippen molar-refractivity contribution in [1.29, 1.82) is 0 Å². The Morgan fingerprint density at radius 1 is 1.29 bits per heavy atom. The molecule has 90 valence electrons. The molecule has 0 amide bonds. The number of benzene rings is 1. The predicted molar refractivity (Wildman–Crippen MR) is 58.0 cm³/mol. The number of aromatic amines is 1. The highest BCUT2D eigenvalue weighted by Crippen LogP contribution is 2.33. The van der Waals surface area contributed by atoms with Crippen LogP contribution in [0.25, 0.3) is 10.9 Å². The van der Waals surface area contributed by atoms with Crippen molar-refractivity contribution in [2.24, 2.45) is 0 Å². The molecule has 0 aliphatic heterocycles. The molecule has 0 unspecified atom stereocenters. The van der Waals surface area contributed by atoms with Crippen molar-refractivity contribution in [3.8, 4) is 0 Å². The molecule has 2 aromatic rings. The number of Topliss-reactive ketones (excluding diaryl/α,β-unsaturated/α-hetero) is 1. The highest BCUT2D eigenvalue weighted by atomic mass is 19.4. The molecule has 0 spiro atoms. The summed E-state index contributed by atoms with van der Waals surface area (Å²) < 4.78 is 37.7. The maximum atomic E-state index is 12.6. The summed E-state index contributed by atoms with van der Waals surface area (Å²) in [6, 6.07) is 3.36. The second kappa shape index (κ2) is 3.61. The number of nitrogens with one attached hydrogen (secondary N) is 1. The maximum Gasteiger partial charge on any atom is 0.416 e. The van der Waals surface area contributed by atoms with Gasteiger partial charge in [0.05, 0.1) is 5.56 Å². The summed E-state index contributed by atoms with van der Waals surface area (Å²) in [5.41, 5.74) is 0.713. The average molecular weight is 241 g/mol. The van der Waals surface area contributed by atoms with Crippen LogP contribution in [0, 0.1) is 6.92 Å². The molecule has 0 bridgehead atoms. The minimum Gasteiger partial charge on any atom is -0.358 e. The molecule has 1 N–H and O–H groups in total. The first-order valence-corrected chi connectivity index (χ1v) is 5.01. The molecule has 0 aliphatic rings. The van der Waals surface area contributed by atoms with Crippen molar-refractivity contribution in [3.05, 3.63) is 35.0 Å². The van der Waals surface area contributed by atoms with E-state index in [0.717, 1.165) is 12.1 Å². The molecule has 0 aliphatic carbocycles. The van der Waals surface area contributed by atoms with E-state index in [0.29, 0.717) is 22.2 Å². The molecular weight excluding hydrogens is 231 g/mol. The van der Waals surface area contributed by atoms with Gasteiger partial charge in [0.2, 0.25) is 0 Å². The third-order valence-corrected chi connectivity index (χ3v) is 2.67. The van der Waals surface area contributed by atoms with Crippen LogP contribution < -0.4 is 0 Å². The Morgan fingerprint density at radius 3 is 2.47 bits per heavy atom. The SMILES string of the molecule is CC(=O)c1c(C)[nH]c2ccc(C(F)(F)F)cc12. The van der Waals surface area contributed by atoms with Crippen LogP contribution in [0.15, 0.2) is 18.2 Å². The van der Waals surface area contributed by atoms with Gasteiger partial charge >= 0.3 is 6.18 Å². The quantitative estimate of drug-likeness (QED) is 0.758. The van der Waals surface area contributed by atoms with Gasteiger partial charge in [0.25, 0.3) is 0 Å². The number of fused-ring (bicyclic) bond motifs is 1. The molecule has 0 saturated carbocycles. The first kappa shape index (κ1) is 11.7. The summed E-state index contributed by atoms with van der Waals surface area (Å²) in [5.74, 6) is -0.243. The normalized spacial score (nSPS) is 12.1. The molecule has 5 heteroatoms. The third-order valence-electron chi connectivity index (χ3n) is 2.67. The van der Waals surface area contributed by atoms with E-state index < -0.39 is 11.7 Å². The van der Waals surface area contributed by atoms with Gasteiger partial charge in [0, 0.05) is 22.2 Å². The fourth-order valence-corrected chi connectivity index (χ4v) is 1.96. The lowest BCUT2D eigenvalue weighted by Gasteiger charge is -2.06. The molecule has 2 rings (SSSR count). The van der Waals surface area contributed by atoms with Gasteiger partial charge in [-0.3, -0.25) is 4.79 Å². The van der Waals surface area contributed by atoms with Crippen molar-refractivity contribution in [1.82, 2.24) is 4.98 Å². The van der Waals surface area contributed by atoms with Crippen molar-refractivity contribution >= 4 is 16.7 Å². The average Bonchev–Trinajstić information content (AvgIpc) is 2.50. The largest absolute Gasteiger partial charge is 0.416 e. The van der Waals surface area contributed by atoms with E-state index >= 15 is 0 Å². The maximum absolute atomic E-state index is 12.6. The van der Waals surface area contributed by atoms with E-state index in [1.807, 2.05) is 0 Å². The summed E-state index contributed by atoms with van der Waals surface area (Å²) in [4.78, 5) is 14.3. The van der Waals surface area contributed by atoms with Crippen LogP contribution in [0.2, 0.25) is 0 Å². The van der Waals surface area contributed by atoms with Gasteiger partial charge in [-0.25, -0.2) is 0 Å². The molecule has 0 radical (unpaired) electrons. The Morgan fingerprint density at radius 2 is 1.94 bits per heavy atom. The number of aryl methyl sites for hydroxylation is 1. The number of alkyl halides is 3. The van der Waals surface area contributed by atoms with Crippen LogP contribution in [0.1, 0.15) is 28.5 Å². The number of hydrogen-bond donors (Lipinski definition) is 1. The Labute approximate surface area is 95.4 Å². The number of hydrogen-bond acceptors (Lipinski definition) is 1. The number of carbonyl (C=O) groups is 1. The summed E-state index contributed by atoms with van der Waals surface area (Å²) in [5, 5.41) is 0.324. The van der Waals surface area contributed by atoms with Gasteiger partial charge in [0.15, 0.2) is 5.78 Å². The van der Waals surface area contributed by atoms with Crippen molar-refractivity contribution in [2.45, 2.75) is 20.0 Å². The monoisotopic (exact) mass is 241 g/mol. The Bertz CT molecular complexity index is 596. The van der Waals surface area contributed by atoms with Crippen LogP contribution in [0.4, 0.5) is 13.2 Å². The summed E-state index contributed by atoms with van der Waals surface area (Å²) in [6.07, 6.45) is -4.40. The minimum absolute atomic E-state index is 0.243. The van der Waals surface area contributed by atoms with E-state index in [-0.39, 0.29) is 5.78 Å². The molecule has 1 aromatic heterocycles. The Kier molecular flexibility index (Phi) is 2.49. The zero-order chi connectivity index (χ0) is 12.8. The van der Waals surface area contributed by atoms with Crippen LogP contribution in [-0.2, 0) is 6.18 Å². The van der Waals surface area contributed by atoms with Crippen molar-refractivity contribution < 1.29 is 18.0 Å². The van der Waals surface area contributed by atoms with E-state index in [9.17, 15) is 18.0 Å². The molecule has 17 heavy (non-hydrogen) atoms. The van der Waals surface area contributed by atoms with Crippen LogP contribution >= 0.6 is 0 Å². The van der Waals surface area contributed by atoms with Crippen LogP contribution in [-0.4, -0.2) is 10.8 Å². The lowest BCUT2D eigenvalue weighted by atomic mass is 10.1. The second-order valence-electron chi connectivity index (χ2n) is 3.94. The molecule has 0 fully saturated rings. The van der Waals surface area contributed by atoms with Crippen molar-refractivity contribution in [2.75, 3.05) is 0 Å². The first-order valence-electron chi connectivity index (χ1n) is 5.01. The number of rotatable bonds is 1. The number of carbonyl (C=O) groups excluding carboxylic acids is 1. The van der Waals surface area contributed by atoms with E-state index in [1.54, 1.807) is 6.92 Å². The molecule has 2 nitrogen and oxygen atoms in total. The fourth-order valence-electron chi connectivity index (χ4n) is 1.96. The number of ketones is 1. The zero-order valence-corrected chi connectivity index (χ0v) is 9.27. The first-order chi connectivity index (χ1) is 7.80. The van der Waals surface area contributed by atoms with Gasteiger partial charge in [0.1, 0.15) is 0 Å². The van der Waals surface area contributed by atoms with E-state index in [2.05, 4.69) is 4.98 Å². The molecular formula is C12H10F3NO. The smallest absolute Gasteiger partial charge is 0.358 e. The van der Waals surface area contributed by atoms with Gasteiger partial charge < -0.3 is 4.98 Å². The number of H-pyrrole nitrogens is 1. The van der Waals surface area contributed by atoms with E-state index in [4.69, 9.17) is 0 Å². The van der Waals surface area contributed by atoms with Gasteiger partial charge in [-0.05, 0) is 32.0 Å². The number of halogens is 3. The lowest BCUT2D eigenvalue weighted by molar-refractivity contribution is -0.137. The second-order valence-corrected chi connectivity index (χ2v) is 3.94. The number of aromatic nitrogens is 1. The molecule has 0 saturated heterocycles. The topological polar surface area (TPSA) is 32.9 Å². The van der Waals surface area contributed by atoms with Gasteiger partial charge in [-0.2, -0.15) is 13.2 Å². The van der Waals surface area contributed by atoms with Gasteiger partial charge in [-0.1, -0.05) is 0 Å². The minimum atomic E-state index is -4.40. The lowest BCUT2D eigenvalue weighted by Crippen LogP contribution is -2.04.